The van der Waals surface area contributed by atoms with E-state index in [2.05, 4.69) is 0 Å². The van der Waals surface area contributed by atoms with E-state index >= 15 is 0 Å². The molecule has 0 aliphatic rings. The van der Waals surface area contributed by atoms with Gasteiger partial charge >= 0.3 is 11.9 Å². The highest BCUT2D eigenvalue weighted by atomic mass is 32.2. The number of hydrogen-bond acceptors (Lipinski definition) is 4. The van der Waals surface area contributed by atoms with E-state index in [1.54, 1.807) is 0 Å². The van der Waals surface area contributed by atoms with E-state index in [9.17, 15) is 22.6 Å². The zero-order valence-corrected chi connectivity index (χ0v) is 10.5. The lowest BCUT2D eigenvalue weighted by Gasteiger charge is -2.07. The third-order valence-corrected chi connectivity index (χ3v) is 3.47. The molecule has 0 amide bonds. The Balaban J connectivity index is 3.02. The molecule has 0 radical (unpaired) electrons. The van der Waals surface area contributed by atoms with Gasteiger partial charge in [0.05, 0.1) is 12.5 Å². The first-order valence-electron chi connectivity index (χ1n) is 5.63. The van der Waals surface area contributed by atoms with Crippen LogP contribution in [0.25, 0.3) is 10.8 Å². The Labute approximate surface area is 114 Å². The van der Waals surface area contributed by atoms with Gasteiger partial charge in [0.2, 0.25) is 0 Å². The van der Waals surface area contributed by atoms with Crippen molar-refractivity contribution >= 4 is 32.8 Å². The molecule has 8 heteroatoms. The van der Waals surface area contributed by atoms with Crippen LogP contribution in [0.3, 0.4) is 0 Å². The molecule has 0 heterocycles. The van der Waals surface area contributed by atoms with Gasteiger partial charge in [-0.2, -0.15) is 8.42 Å². The fourth-order valence-corrected chi connectivity index (χ4v) is 2.43. The third-order valence-electron chi connectivity index (χ3n) is 2.59. The number of fused-ring (bicyclic) bond motifs is 1. The van der Waals surface area contributed by atoms with Crippen LogP contribution >= 0.6 is 0 Å². The van der Waals surface area contributed by atoms with Crippen LogP contribution in [-0.4, -0.2) is 35.1 Å². The summed E-state index contributed by atoms with van der Waals surface area (Å²) in [4.78, 5) is 21.2. The van der Waals surface area contributed by atoms with Crippen molar-refractivity contribution in [2.24, 2.45) is 0 Å². The maximum atomic E-state index is 11.4. The van der Waals surface area contributed by atoms with Gasteiger partial charge in [-0.25, -0.2) is 9.59 Å². The minimum Gasteiger partial charge on any atom is -0.478 e. The fraction of sp³-hybridized carbons (Fsp3) is 0. The van der Waals surface area contributed by atoms with E-state index in [-0.39, 0.29) is 16.3 Å². The molecule has 0 aliphatic carbocycles. The summed E-state index contributed by atoms with van der Waals surface area (Å²) >= 11 is 0. The van der Waals surface area contributed by atoms with Crippen LogP contribution in [0.15, 0.2) is 35.2 Å². The Bertz CT molecular complexity index is 881. The molecule has 3 N–H and O–H groups in total. The number of carboxylic acids is 2. The Kier molecular flexibility index (Phi) is 2.88. The second-order valence-electron chi connectivity index (χ2n) is 3.91. The number of benzene rings is 2. The molecule has 0 fully saturated rings. The summed E-state index contributed by atoms with van der Waals surface area (Å²) in [6.45, 7) is 0. The Morgan fingerprint density at radius 2 is 1.60 bits per heavy atom. The maximum absolute atomic E-state index is 11.4. The quantitative estimate of drug-likeness (QED) is 0.732. The predicted octanol–water partition coefficient (Wildman–Crippen LogP) is 1.48. The Morgan fingerprint density at radius 1 is 1.05 bits per heavy atom. The first-order chi connectivity index (χ1) is 9.61. The molecule has 2 rings (SSSR count). The zero-order chi connectivity index (χ0) is 15.9. The van der Waals surface area contributed by atoms with Crippen LogP contribution in [0.2, 0.25) is 0 Å². The van der Waals surface area contributed by atoms with Crippen LogP contribution in [0, 0.1) is 0 Å². The van der Waals surface area contributed by atoms with Crippen molar-refractivity contribution in [3.63, 3.8) is 0 Å². The van der Waals surface area contributed by atoms with E-state index in [1.807, 2.05) is 0 Å². The van der Waals surface area contributed by atoms with Gasteiger partial charge in [0, 0.05) is 5.39 Å². The lowest BCUT2D eigenvalue weighted by Crippen LogP contribution is -2.04. The van der Waals surface area contributed by atoms with Gasteiger partial charge < -0.3 is 10.2 Å². The maximum Gasteiger partial charge on any atom is 0.335 e. The number of aromatic carboxylic acids is 2. The van der Waals surface area contributed by atoms with Crippen LogP contribution < -0.4 is 0 Å². The normalized spacial score (nSPS) is 12.2. The Hall–Kier alpha value is -2.45. The van der Waals surface area contributed by atoms with Gasteiger partial charge in [-0.1, -0.05) is 6.04 Å². The van der Waals surface area contributed by atoms with Gasteiger partial charge in [-0.05, 0) is 29.7 Å². The SMILES string of the molecule is [2H]c1cc(C(=O)O)cc2cc(C(=O)O)cc(S(=O)(=O)O)c12. The summed E-state index contributed by atoms with van der Waals surface area (Å²) in [6, 6.07) is 3.26. The van der Waals surface area contributed by atoms with Crippen LogP contribution in [0.5, 0.6) is 0 Å². The molecule has 2 aromatic rings. The van der Waals surface area contributed by atoms with Gasteiger partial charge in [0.15, 0.2) is 0 Å². The summed E-state index contributed by atoms with van der Waals surface area (Å²) in [5, 5.41) is 17.5. The van der Waals surface area contributed by atoms with E-state index in [0.29, 0.717) is 0 Å². The van der Waals surface area contributed by atoms with E-state index in [4.69, 9.17) is 11.6 Å². The van der Waals surface area contributed by atoms with E-state index in [0.717, 1.165) is 24.3 Å². The lowest BCUT2D eigenvalue weighted by atomic mass is 10.0. The minimum atomic E-state index is -4.77. The highest BCUT2D eigenvalue weighted by Gasteiger charge is 2.18. The number of carboxylic acid groups (broad SMARTS) is 2. The topological polar surface area (TPSA) is 129 Å². The third kappa shape index (κ3) is 2.46. The fourth-order valence-electron chi connectivity index (χ4n) is 1.71. The molecule has 7 nitrogen and oxygen atoms in total. The summed E-state index contributed by atoms with van der Waals surface area (Å²) in [5.41, 5.74) is -0.742. The molecule has 0 saturated heterocycles. The van der Waals surface area contributed by atoms with Crippen molar-refractivity contribution in [1.82, 2.24) is 0 Å². The monoisotopic (exact) mass is 297 g/mol. The van der Waals surface area contributed by atoms with Crippen molar-refractivity contribution in [3.05, 3.63) is 41.4 Å². The number of carbonyl (C=O) groups is 2. The second kappa shape index (κ2) is 4.58. The van der Waals surface area contributed by atoms with Crippen molar-refractivity contribution < 1.29 is 34.1 Å². The highest BCUT2D eigenvalue weighted by molar-refractivity contribution is 7.86. The summed E-state index contributed by atoms with van der Waals surface area (Å²) in [6.07, 6.45) is 0. The molecule has 20 heavy (non-hydrogen) atoms. The molecule has 0 bridgehead atoms. The molecule has 2 aromatic carbocycles. The molecule has 0 aromatic heterocycles. The van der Waals surface area contributed by atoms with Crippen molar-refractivity contribution in [2.75, 3.05) is 0 Å². The van der Waals surface area contributed by atoms with E-state index in [1.165, 1.54) is 0 Å². The van der Waals surface area contributed by atoms with Gasteiger partial charge in [-0.3, -0.25) is 4.55 Å². The van der Waals surface area contributed by atoms with Crippen molar-refractivity contribution in [3.8, 4) is 0 Å². The average molecular weight is 297 g/mol. The smallest absolute Gasteiger partial charge is 0.335 e. The molecular formula is C12H8O7S. The number of rotatable bonds is 3. The van der Waals surface area contributed by atoms with Gasteiger partial charge in [-0.15, -0.1) is 0 Å². The first kappa shape index (κ1) is 12.6. The molecular weight excluding hydrogens is 288 g/mol. The zero-order valence-electron chi connectivity index (χ0n) is 10.7. The standard InChI is InChI=1S/C12H8O7S/c13-11(14)6-1-2-9-7(3-6)4-8(12(15)16)5-10(9)20(17,18)19/h1-5H,(H,13,14)(H,15,16)(H,17,18,19)/i2D. The predicted molar refractivity (Wildman–Crippen MR) is 67.7 cm³/mol. The van der Waals surface area contributed by atoms with E-state index < -0.39 is 38.6 Å². The molecule has 0 atom stereocenters. The lowest BCUT2D eigenvalue weighted by molar-refractivity contribution is 0.0686. The summed E-state index contributed by atoms with van der Waals surface area (Å²) < 4.78 is 39.6. The average Bonchev–Trinajstić information content (AvgIpc) is 2.35. The molecule has 0 aliphatic heterocycles. The van der Waals surface area contributed by atoms with Gasteiger partial charge in [0.25, 0.3) is 10.1 Å². The summed E-state index contributed by atoms with van der Waals surface area (Å²) in [5.74, 6) is -2.80. The second-order valence-corrected chi connectivity index (χ2v) is 5.30. The van der Waals surface area contributed by atoms with Crippen LogP contribution in [0.4, 0.5) is 0 Å². The van der Waals surface area contributed by atoms with Crippen molar-refractivity contribution in [2.45, 2.75) is 4.90 Å². The minimum absolute atomic E-state index is 0.0765. The van der Waals surface area contributed by atoms with Crippen LogP contribution in [0.1, 0.15) is 22.1 Å². The largest absolute Gasteiger partial charge is 0.478 e. The highest BCUT2D eigenvalue weighted by Crippen LogP contribution is 2.26. The molecule has 104 valence electrons. The van der Waals surface area contributed by atoms with Gasteiger partial charge in [0.1, 0.15) is 4.90 Å². The molecule has 0 spiro atoms. The van der Waals surface area contributed by atoms with Crippen molar-refractivity contribution in [1.29, 1.82) is 0 Å². The first-order valence-corrected chi connectivity index (χ1v) is 6.57. The Morgan fingerprint density at radius 3 is 2.10 bits per heavy atom. The summed E-state index contributed by atoms with van der Waals surface area (Å²) in [7, 11) is -4.77. The molecule has 0 unspecified atom stereocenters. The number of hydrogen-bond donors (Lipinski definition) is 3. The molecule has 0 saturated carbocycles. The van der Waals surface area contributed by atoms with Crippen LogP contribution in [-0.2, 0) is 10.1 Å².